The third-order valence-corrected chi connectivity index (χ3v) is 3.91. The van der Waals surface area contributed by atoms with Gasteiger partial charge in [0.05, 0.1) is 0 Å². The van der Waals surface area contributed by atoms with Gasteiger partial charge in [0, 0.05) is 11.6 Å². The molecule has 0 unspecified atom stereocenters. The molecule has 0 amide bonds. The summed E-state index contributed by atoms with van der Waals surface area (Å²) >= 11 is 6.18. The number of nitrogens with one attached hydrogen (secondary N) is 1. The lowest BCUT2D eigenvalue weighted by molar-refractivity contribution is 0.675. The topological polar surface area (TPSA) is 12.0 Å². The molecule has 1 nitrogen and oxygen atoms in total. The molecule has 2 heteroatoms. The lowest BCUT2D eigenvalue weighted by Gasteiger charge is -2.11. The molecule has 0 atom stereocenters. The SMILES string of the molecule is CCCNCc1cccc(-c2cc(C)c(Cl)cc2C)c1. The summed E-state index contributed by atoms with van der Waals surface area (Å²) in [5.74, 6) is 0. The molecular formula is C18H22ClN. The minimum absolute atomic E-state index is 0.840. The van der Waals surface area contributed by atoms with Gasteiger partial charge in [0.25, 0.3) is 0 Å². The van der Waals surface area contributed by atoms with Crippen molar-refractivity contribution >= 4 is 11.6 Å². The third-order valence-electron chi connectivity index (χ3n) is 3.50. The van der Waals surface area contributed by atoms with Gasteiger partial charge in [-0.3, -0.25) is 0 Å². The van der Waals surface area contributed by atoms with Crippen LogP contribution in [0.1, 0.15) is 30.0 Å². The van der Waals surface area contributed by atoms with Crippen LogP contribution in [0.15, 0.2) is 36.4 Å². The van der Waals surface area contributed by atoms with Gasteiger partial charge in [-0.2, -0.15) is 0 Å². The first-order valence-electron chi connectivity index (χ1n) is 7.18. The highest BCUT2D eigenvalue weighted by Crippen LogP contribution is 2.29. The van der Waals surface area contributed by atoms with Crippen molar-refractivity contribution in [3.8, 4) is 11.1 Å². The van der Waals surface area contributed by atoms with Crippen molar-refractivity contribution in [3.63, 3.8) is 0 Å². The van der Waals surface area contributed by atoms with Crippen LogP contribution in [0.3, 0.4) is 0 Å². The fourth-order valence-corrected chi connectivity index (χ4v) is 2.57. The molecule has 2 rings (SSSR count). The number of rotatable bonds is 5. The average Bonchev–Trinajstić information content (AvgIpc) is 2.43. The molecule has 0 aliphatic carbocycles. The highest BCUT2D eigenvalue weighted by Gasteiger charge is 2.06. The highest BCUT2D eigenvalue weighted by molar-refractivity contribution is 6.31. The monoisotopic (exact) mass is 287 g/mol. The predicted octanol–water partition coefficient (Wildman–Crippen LogP) is 5.12. The molecule has 0 aliphatic rings. The van der Waals surface area contributed by atoms with Crippen LogP contribution in [0.2, 0.25) is 5.02 Å². The van der Waals surface area contributed by atoms with Gasteiger partial charge in [0.15, 0.2) is 0 Å². The van der Waals surface area contributed by atoms with Crippen LogP contribution < -0.4 is 5.32 Å². The number of aryl methyl sites for hydroxylation is 2. The molecule has 0 aliphatic heterocycles. The molecule has 2 aromatic rings. The zero-order valence-corrected chi connectivity index (χ0v) is 13.2. The van der Waals surface area contributed by atoms with E-state index in [2.05, 4.69) is 56.4 Å². The van der Waals surface area contributed by atoms with E-state index in [0.717, 1.165) is 30.1 Å². The second kappa shape index (κ2) is 6.92. The zero-order chi connectivity index (χ0) is 14.5. The molecule has 0 spiro atoms. The molecule has 0 radical (unpaired) electrons. The Labute approximate surface area is 127 Å². The Morgan fingerprint density at radius 3 is 2.60 bits per heavy atom. The zero-order valence-electron chi connectivity index (χ0n) is 12.5. The van der Waals surface area contributed by atoms with Gasteiger partial charge < -0.3 is 5.32 Å². The van der Waals surface area contributed by atoms with Crippen molar-refractivity contribution in [2.24, 2.45) is 0 Å². The molecule has 0 aromatic heterocycles. The summed E-state index contributed by atoms with van der Waals surface area (Å²) in [6.07, 6.45) is 1.16. The third kappa shape index (κ3) is 3.62. The Hall–Kier alpha value is -1.31. The Kier molecular flexibility index (Phi) is 5.22. The molecule has 0 bridgehead atoms. The summed E-state index contributed by atoms with van der Waals surface area (Å²) in [5, 5.41) is 4.28. The minimum Gasteiger partial charge on any atom is -0.313 e. The average molecular weight is 288 g/mol. The van der Waals surface area contributed by atoms with Crippen LogP contribution in [0.25, 0.3) is 11.1 Å². The van der Waals surface area contributed by atoms with Gasteiger partial charge in [-0.25, -0.2) is 0 Å². The highest BCUT2D eigenvalue weighted by atomic mass is 35.5. The largest absolute Gasteiger partial charge is 0.313 e. The van der Waals surface area contributed by atoms with Gasteiger partial charge in [-0.05, 0) is 72.8 Å². The van der Waals surface area contributed by atoms with E-state index in [4.69, 9.17) is 11.6 Å². The van der Waals surface area contributed by atoms with Crippen LogP contribution in [0.4, 0.5) is 0 Å². The minimum atomic E-state index is 0.840. The van der Waals surface area contributed by atoms with Crippen molar-refractivity contribution in [1.82, 2.24) is 5.32 Å². The number of hydrogen-bond donors (Lipinski definition) is 1. The maximum atomic E-state index is 6.18. The van der Waals surface area contributed by atoms with Crippen molar-refractivity contribution in [2.75, 3.05) is 6.54 Å². The summed E-state index contributed by atoms with van der Waals surface area (Å²) in [5.41, 5.74) is 6.20. The van der Waals surface area contributed by atoms with Crippen molar-refractivity contribution in [2.45, 2.75) is 33.7 Å². The van der Waals surface area contributed by atoms with Crippen LogP contribution in [0.5, 0.6) is 0 Å². The molecule has 0 saturated carbocycles. The first kappa shape index (κ1) is 15.1. The second-order valence-electron chi connectivity index (χ2n) is 5.29. The first-order chi connectivity index (χ1) is 9.61. The fraction of sp³-hybridized carbons (Fsp3) is 0.333. The maximum absolute atomic E-state index is 6.18. The van der Waals surface area contributed by atoms with Crippen molar-refractivity contribution in [3.05, 3.63) is 58.1 Å². The fourth-order valence-electron chi connectivity index (χ4n) is 2.35. The molecule has 0 heterocycles. The maximum Gasteiger partial charge on any atom is 0.0438 e. The molecule has 20 heavy (non-hydrogen) atoms. The van der Waals surface area contributed by atoms with Gasteiger partial charge >= 0.3 is 0 Å². The number of benzene rings is 2. The van der Waals surface area contributed by atoms with Crippen LogP contribution >= 0.6 is 11.6 Å². The van der Waals surface area contributed by atoms with E-state index < -0.39 is 0 Å². The number of halogens is 1. The van der Waals surface area contributed by atoms with Gasteiger partial charge in [0.1, 0.15) is 0 Å². The summed E-state index contributed by atoms with van der Waals surface area (Å²) in [6, 6.07) is 13.0. The summed E-state index contributed by atoms with van der Waals surface area (Å²) < 4.78 is 0. The van der Waals surface area contributed by atoms with E-state index in [1.54, 1.807) is 0 Å². The molecule has 1 N–H and O–H groups in total. The lowest BCUT2D eigenvalue weighted by Crippen LogP contribution is -2.13. The summed E-state index contributed by atoms with van der Waals surface area (Å²) in [4.78, 5) is 0. The lowest BCUT2D eigenvalue weighted by atomic mass is 9.97. The van der Waals surface area contributed by atoms with Crippen LogP contribution in [-0.2, 0) is 6.54 Å². The van der Waals surface area contributed by atoms with E-state index in [1.165, 1.54) is 22.3 Å². The Morgan fingerprint density at radius 1 is 1.05 bits per heavy atom. The van der Waals surface area contributed by atoms with E-state index in [-0.39, 0.29) is 0 Å². The molecule has 0 fully saturated rings. The molecular weight excluding hydrogens is 266 g/mol. The predicted molar refractivity (Wildman–Crippen MR) is 88.4 cm³/mol. The van der Waals surface area contributed by atoms with E-state index in [0.29, 0.717) is 0 Å². The smallest absolute Gasteiger partial charge is 0.0438 e. The van der Waals surface area contributed by atoms with Gasteiger partial charge in [-0.1, -0.05) is 36.7 Å². The Morgan fingerprint density at radius 2 is 1.85 bits per heavy atom. The molecule has 106 valence electrons. The van der Waals surface area contributed by atoms with Gasteiger partial charge in [0.2, 0.25) is 0 Å². The van der Waals surface area contributed by atoms with E-state index >= 15 is 0 Å². The van der Waals surface area contributed by atoms with Gasteiger partial charge in [-0.15, -0.1) is 0 Å². The number of hydrogen-bond acceptors (Lipinski definition) is 1. The molecule has 0 saturated heterocycles. The van der Waals surface area contributed by atoms with Crippen LogP contribution in [0, 0.1) is 13.8 Å². The standard InChI is InChI=1S/C18H22ClN/c1-4-8-20-12-15-6-5-7-16(11-15)17-9-14(3)18(19)10-13(17)2/h5-7,9-11,20H,4,8,12H2,1-3H3. The van der Waals surface area contributed by atoms with Crippen molar-refractivity contribution in [1.29, 1.82) is 0 Å². The van der Waals surface area contributed by atoms with E-state index in [1.807, 2.05) is 6.07 Å². The first-order valence-corrected chi connectivity index (χ1v) is 7.56. The van der Waals surface area contributed by atoms with E-state index in [9.17, 15) is 0 Å². The quantitative estimate of drug-likeness (QED) is 0.752. The van der Waals surface area contributed by atoms with Crippen LogP contribution in [-0.4, -0.2) is 6.54 Å². The second-order valence-corrected chi connectivity index (χ2v) is 5.70. The normalized spacial score (nSPS) is 10.8. The summed E-state index contributed by atoms with van der Waals surface area (Å²) in [6.45, 7) is 8.33. The Bertz CT molecular complexity index is 590. The Balaban J connectivity index is 2.29. The molecule has 2 aromatic carbocycles. The van der Waals surface area contributed by atoms with Crippen molar-refractivity contribution < 1.29 is 0 Å². The summed E-state index contributed by atoms with van der Waals surface area (Å²) in [7, 11) is 0.